The summed E-state index contributed by atoms with van der Waals surface area (Å²) in [5, 5.41) is 2.92. The fourth-order valence-electron chi connectivity index (χ4n) is 2.74. The Morgan fingerprint density at radius 3 is 2.47 bits per heavy atom. The van der Waals surface area contributed by atoms with Crippen LogP contribution in [0.25, 0.3) is 0 Å². The van der Waals surface area contributed by atoms with Crippen LogP contribution in [0.15, 0.2) is 0 Å². The molecule has 2 aliphatic rings. The molecule has 2 fully saturated rings. The van der Waals surface area contributed by atoms with E-state index in [1.54, 1.807) is 4.90 Å². The van der Waals surface area contributed by atoms with Crippen LogP contribution in [-0.4, -0.2) is 34.8 Å². The van der Waals surface area contributed by atoms with Gasteiger partial charge in [0.25, 0.3) is 0 Å². The van der Waals surface area contributed by atoms with Crippen LogP contribution in [0.2, 0.25) is 0 Å². The van der Waals surface area contributed by atoms with Gasteiger partial charge in [-0.1, -0.05) is 13.8 Å². The average molecular weight is 266 g/mol. The van der Waals surface area contributed by atoms with E-state index in [-0.39, 0.29) is 17.9 Å². The van der Waals surface area contributed by atoms with Crippen molar-refractivity contribution in [3.63, 3.8) is 0 Å². The molecular weight excluding hydrogens is 240 g/mol. The molecule has 1 heterocycles. The Morgan fingerprint density at radius 1 is 1.32 bits per heavy atom. The van der Waals surface area contributed by atoms with Gasteiger partial charge < -0.3 is 10.2 Å². The molecule has 19 heavy (non-hydrogen) atoms. The average Bonchev–Trinajstić information content (AvgIpc) is 3.12. The monoisotopic (exact) mass is 266 g/mol. The van der Waals surface area contributed by atoms with E-state index >= 15 is 0 Å². The van der Waals surface area contributed by atoms with Gasteiger partial charge in [0.1, 0.15) is 11.6 Å². The highest BCUT2D eigenvalue weighted by atomic mass is 16.2. The van der Waals surface area contributed by atoms with Crippen LogP contribution in [0.5, 0.6) is 0 Å². The molecule has 2 amide bonds. The standard InChI is InChI=1S/C15H26N2O2/c1-10(2)6-5-9-17-13(18)12(11-7-8-11)16-14(19)15(17,3)4/h10-12H,5-9H2,1-4H3,(H,16,19). The Hall–Kier alpha value is -1.06. The van der Waals surface area contributed by atoms with Gasteiger partial charge in [-0.15, -0.1) is 0 Å². The molecule has 0 aromatic carbocycles. The van der Waals surface area contributed by atoms with Crippen LogP contribution >= 0.6 is 0 Å². The summed E-state index contributed by atoms with van der Waals surface area (Å²) in [6.45, 7) is 8.75. The Labute approximate surface area is 115 Å². The van der Waals surface area contributed by atoms with Gasteiger partial charge in [0, 0.05) is 6.54 Å². The van der Waals surface area contributed by atoms with Gasteiger partial charge in [-0.3, -0.25) is 9.59 Å². The summed E-state index contributed by atoms with van der Waals surface area (Å²) < 4.78 is 0. The lowest BCUT2D eigenvalue weighted by Crippen LogP contribution is -2.68. The van der Waals surface area contributed by atoms with E-state index in [0.29, 0.717) is 18.4 Å². The smallest absolute Gasteiger partial charge is 0.246 e. The van der Waals surface area contributed by atoms with Crippen molar-refractivity contribution in [1.29, 1.82) is 0 Å². The van der Waals surface area contributed by atoms with Gasteiger partial charge in [0.05, 0.1) is 0 Å². The summed E-state index contributed by atoms with van der Waals surface area (Å²) in [4.78, 5) is 26.6. The van der Waals surface area contributed by atoms with Crippen molar-refractivity contribution in [3.05, 3.63) is 0 Å². The van der Waals surface area contributed by atoms with Crippen molar-refractivity contribution in [2.24, 2.45) is 11.8 Å². The van der Waals surface area contributed by atoms with Crippen LogP contribution in [0.1, 0.15) is 53.4 Å². The first-order valence-electron chi connectivity index (χ1n) is 7.46. The van der Waals surface area contributed by atoms with E-state index in [1.165, 1.54) is 0 Å². The highest BCUT2D eigenvalue weighted by molar-refractivity contribution is 5.99. The Balaban J connectivity index is 2.06. The number of piperazine rings is 1. The van der Waals surface area contributed by atoms with Gasteiger partial charge in [-0.25, -0.2) is 0 Å². The van der Waals surface area contributed by atoms with Crippen LogP contribution in [-0.2, 0) is 9.59 Å². The number of nitrogens with one attached hydrogen (secondary N) is 1. The van der Waals surface area contributed by atoms with Crippen LogP contribution < -0.4 is 5.32 Å². The normalized spacial score (nSPS) is 26.8. The lowest BCUT2D eigenvalue weighted by Gasteiger charge is -2.44. The summed E-state index contributed by atoms with van der Waals surface area (Å²) >= 11 is 0. The Morgan fingerprint density at radius 2 is 1.95 bits per heavy atom. The molecule has 0 spiro atoms. The molecule has 1 unspecified atom stereocenters. The molecule has 108 valence electrons. The Bertz CT molecular complexity index is 372. The fraction of sp³-hybridized carbons (Fsp3) is 0.867. The second kappa shape index (κ2) is 5.14. The number of amides is 2. The summed E-state index contributed by atoms with van der Waals surface area (Å²) in [7, 11) is 0. The number of nitrogens with zero attached hydrogens (tertiary/aromatic N) is 1. The molecule has 1 aliphatic carbocycles. The molecule has 1 saturated carbocycles. The summed E-state index contributed by atoms with van der Waals surface area (Å²) in [5.41, 5.74) is -0.709. The van der Waals surface area contributed by atoms with Crippen LogP contribution in [0.4, 0.5) is 0 Å². The zero-order valence-corrected chi connectivity index (χ0v) is 12.5. The number of hydrogen-bond acceptors (Lipinski definition) is 2. The van der Waals surface area contributed by atoms with E-state index in [2.05, 4.69) is 19.2 Å². The first-order chi connectivity index (χ1) is 8.84. The van der Waals surface area contributed by atoms with E-state index in [0.717, 1.165) is 25.7 Å². The van der Waals surface area contributed by atoms with Crippen molar-refractivity contribution in [1.82, 2.24) is 10.2 Å². The predicted molar refractivity (Wildman–Crippen MR) is 74.5 cm³/mol. The fourth-order valence-corrected chi connectivity index (χ4v) is 2.74. The first kappa shape index (κ1) is 14.4. The van der Waals surface area contributed by atoms with Crippen molar-refractivity contribution in [2.75, 3.05) is 6.54 Å². The van der Waals surface area contributed by atoms with Gasteiger partial charge in [0.15, 0.2) is 0 Å². The van der Waals surface area contributed by atoms with Crippen molar-refractivity contribution >= 4 is 11.8 Å². The second-order valence-corrected chi connectivity index (χ2v) is 6.87. The number of rotatable bonds is 5. The molecule has 4 nitrogen and oxygen atoms in total. The van der Waals surface area contributed by atoms with Crippen LogP contribution in [0.3, 0.4) is 0 Å². The molecule has 1 N–H and O–H groups in total. The minimum Gasteiger partial charge on any atom is -0.342 e. The molecule has 1 saturated heterocycles. The third kappa shape index (κ3) is 2.93. The third-order valence-electron chi connectivity index (χ3n) is 4.31. The minimum atomic E-state index is -0.709. The molecule has 2 rings (SSSR count). The minimum absolute atomic E-state index is 0.00598. The van der Waals surface area contributed by atoms with Gasteiger partial charge >= 0.3 is 0 Å². The number of carbonyl (C=O) groups excluding carboxylic acids is 2. The van der Waals surface area contributed by atoms with E-state index in [1.807, 2.05) is 13.8 Å². The van der Waals surface area contributed by atoms with Gasteiger partial charge in [0.2, 0.25) is 11.8 Å². The quantitative estimate of drug-likeness (QED) is 0.826. The SMILES string of the molecule is CC(C)CCCN1C(=O)C(C2CC2)NC(=O)C1(C)C. The number of hydrogen-bond donors (Lipinski definition) is 1. The molecule has 0 aromatic heterocycles. The summed E-state index contributed by atoms with van der Waals surface area (Å²) in [5.74, 6) is 1.13. The molecule has 4 heteroatoms. The van der Waals surface area contributed by atoms with Crippen molar-refractivity contribution < 1.29 is 9.59 Å². The van der Waals surface area contributed by atoms with Gasteiger partial charge in [-0.05, 0) is 51.4 Å². The van der Waals surface area contributed by atoms with Crippen molar-refractivity contribution in [2.45, 2.75) is 65.0 Å². The first-order valence-corrected chi connectivity index (χ1v) is 7.46. The van der Waals surface area contributed by atoms with E-state index in [4.69, 9.17) is 0 Å². The third-order valence-corrected chi connectivity index (χ3v) is 4.31. The molecule has 0 aromatic rings. The van der Waals surface area contributed by atoms with Gasteiger partial charge in [-0.2, -0.15) is 0 Å². The maximum atomic E-state index is 12.6. The summed E-state index contributed by atoms with van der Waals surface area (Å²) in [6.07, 6.45) is 4.20. The largest absolute Gasteiger partial charge is 0.342 e. The van der Waals surface area contributed by atoms with E-state index in [9.17, 15) is 9.59 Å². The van der Waals surface area contributed by atoms with Crippen molar-refractivity contribution in [3.8, 4) is 0 Å². The zero-order valence-electron chi connectivity index (χ0n) is 12.5. The second-order valence-electron chi connectivity index (χ2n) is 6.87. The highest BCUT2D eigenvalue weighted by Crippen LogP contribution is 2.36. The highest BCUT2D eigenvalue weighted by Gasteiger charge is 2.50. The maximum absolute atomic E-state index is 12.6. The topological polar surface area (TPSA) is 49.4 Å². The van der Waals surface area contributed by atoms with Crippen LogP contribution in [0, 0.1) is 11.8 Å². The van der Waals surface area contributed by atoms with E-state index < -0.39 is 5.54 Å². The lowest BCUT2D eigenvalue weighted by molar-refractivity contribution is -0.156. The molecular formula is C15H26N2O2. The molecule has 1 aliphatic heterocycles. The molecule has 0 radical (unpaired) electrons. The Kier molecular flexibility index (Phi) is 3.88. The predicted octanol–water partition coefficient (Wildman–Crippen LogP) is 1.94. The number of carbonyl (C=O) groups is 2. The molecule has 1 atom stereocenters. The maximum Gasteiger partial charge on any atom is 0.246 e. The lowest BCUT2D eigenvalue weighted by atomic mass is 9.93. The summed E-state index contributed by atoms with van der Waals surface area (Å²) in [6, 6.07) is -0.264. The zero-order chi connectivity index (χ0) is 14.2. The molecule has 0 bridgehead atoms.